The zero-order chi connectivity index (χ0) is 19.0. The zero-order valence-corrected chi connectivity index (χ0v) is 15.6. The highest BCUT2D eigenvalue weighted by atomic mass is 15.1. The Morgan fingerprint density at radius 2 is 1.74 bits per heavy atom. The number of benzene rings is 1. The lowest BCUT2D eigenvalue weighted by Gasteiger charge is -2.19. The fourth-order valence-electron chi connectivity index (χ4n) is 3.01. The average molecular weight is 358 g/mol. The number of nitrogens with one attached hydrogen (secondary N) is 1. The number of rotatable bonds is 3. The monoisotopic (exact) mass is 358 g/mol. The van der Waals surface area contributed by atoms with Gasteiger partial charge in [-0.1, -0.05) is 20.8 Å². The molecule has 3 aromatic heterocycles. The summed E-state index contributed by atoms with van der Waals surface area (Å²) in [5.41, 5.74) is 9.87. The Morgan fingerprint density at radius 1 is 0.963 bits per heavy atom. The van der Waals surface area contributed by atoms with Crippen molar-refractivity contribution in [3.63, 3.8) is 0 Å². The number of pyridine rings is 1. The lowest BCUT2D eigenvalue weighted by atomic mass is 9.92. The van der Waals surface area contributed by atoms with Crippen LogP contribution >= 0.6 is 0 Å². The molecule has 1 aromatic carbocycles. The predicted octanol–water partition coefficient (Wildman–Crippen LogP) is 4.44. The van der Waals surface area contributed by atoms with Gasteiger partial charge in [-0.05, 0) is 36.4 Å². The SMILES string of the molecule is CC(C)(C)c1cc(Nc2ccc3c(ccn3-c3ccncc3)c2)nc(N)n1. The Hall–Kier alpha value is -3.41. The Balaban J connectivity index is 1.67. The molecule has 0 bridgehead atoms. The number of hydrogen-bond acceptors (Lipinski definition) is 5. The van der Waals surface area contributed by atoms with Gasteiger partial charge < -0.3 is 15.6 Å². The molecule has 6 nitrogen and oxygen atoms in total. The third-order valence-corrected chi connectivity index (χ3v) is 4.42. The first-order valence-corrected chi connectivity index (χ1v) is 8.84. The van der Waals surface area contributed by atoms with E-state index in [9.17, 15) is 0 Å². The number of nitrogens with zero attached hydrogens (tertiary/aromatic N) is 4. The molecule has 3 N–H and O–H groups in total. The highest BCUT2D eigenvalue weighted by Gasteiger charge is 2.17. The maximum absolute atomic E-state index is 5.90. The van der Waals surface area contributed by atoms with E-state index in [0.29, 0.717) is 5.82 Å². The van der Waals surface area contributed by atoms with Crippen molar-refractivity contribution in [2.24, 2.45) is 0 Å². The summed E-state index contributed by atoms with van der Waals surface area (Å²) in [6, 6.07) is 14.2. The smallest absolute Gasteiger partial charge is 0.222 e. The second-order valence-corrected chi connectivity index (χ2v) is 7.54. The quantitative estimate of drug-likeness (QED) is 0.566. The van der Waals surface area contributed by atoms with Crippen LogP contribution in [-0.2, 0) is 5.41 Å². The number of hydrogen-bond donors (Lipinski definition) is 2. The second kappa shape index (κ2) is 6.39. The van der Waals surface area contributed by atoms with E-state index in [1.807, 2.05) is 24.3 Å². The molecule has 27 heavy (non-hydrogen) atoms. The van der Waals surface area contributed by atoms with Crippen molar-refractivity contribution >= 4 is 28.4 Å². The van der Waals surface area contributed by atoms with Gasteiger partial charge in [-0.25, -0.2) is 4.98 Å². The molecule has 0 aliphatic heterocycles. The number of aromatic nitrogens is 4. The van der Waals surface area contributed by atoms with Gasteiger partial charge in [0.2, 0.25) is 5.95 Å². The van der Waals surface area contributed by atoms with Crippen LogP contribution in [0.4, 0.5) is 17.5 Å². The average Bonchev–Trinajstić information content (AvgIpc) is 3.04. The first kappa shape index (κ1) is 17.0. The van der Waals surface area contributed by atoms with Gasteiger partial charge in [-0.2, -0.15) is 4.98 Å². The molecule has 0 aliphatic rings. The van der Waals surface area contributed by atoms with E-state index in [1.54, 1.807) is 12.4 Å². The van der Waals surface area contributed by atoms with Crippen LogP contribution in [0.5, 0.6) is 0 Å². The Bertz CT molecular complexity index is 1090. The third-order valence-electron chi connectivity index (χ3n) is 4.42. The van der Waals surface area contributed by atoms with E-state index >= 15 is 0 Å². The summed E-state index contributed by atoms with van der Waals surface area (Å²) in [5.74, 6) is 0.968. The lowest BCUT2D eigenvalue weighted by Crippen LogP contribution is -2.16. The van der Waals surface area contributed by atoms with E-state index in [2.05, 4.69) is 70.0 Å². The van der Waals surface area contributed by atoms with Crippen molar-refractivity contribution in [1.82, 2.24) is 19.5 Å². The first-order chi connectivity index (χ1) is 12.9. The van der Waals surface area contributed by atoms with Crippen molar-refractivity contribution in [3.05, 3.63) is 66.7 Å². The molecule has 3 heterocycles. The third kappa shape index (κ3) is 3.46. The van der Waals surface area contributed by atoms with E-state index in [4.69, 9.17) is 5.73 Å². The summed E-state index contributed by atoms with van der Waals surface area (Å²) in [5, 5.41) is 4.48. The maximum Gasteiger partial charge on any atom is 0.222 e. The van der Waals surface area contributed by atoms with Gasteiger partial charge in [0.15, 0.2) is 0 Å². The van der Waals surface area contributed by atoms with Crippen LogP contribution < -0.4 is 11.1 Å². The predicted molar refractivity (Wildman–Crippen MR) is 109 cm³/mol. The fraction of sp³-hybridized carbons (Fsp3) is 0.190. The van der Waals surface area contributed by atoms with Gasteiger partial charge >= 0.3 is 0 Å². The summed E-state index contributed by atoms with van der Waals surface area (Å²) in [6.45, 7) is 6.31. The standard InChI is InChI=1S/C21H22N6/c1-21(2,3)18-13-19(26-20(22)25-18)24-15-4-5-17-14(12-15)8-11-27(17)16-6-9-23-10-7-16/h4-13H,1-3H3,(H3,22,24,25,26). The van der Waals surface area contributed by atoms with Gasteiger partial charge in [0.1, 0.15) is 5.82 Å². The van der Waals surface area contributed by atoms with Crippen LogP contribution in [0.2, 0.25) is 0 Å². The molecule has 136 valence electrons. The first-order valence-electron chi connectivity index (χ1n) is 8.84. The highest BCUT2D eigenvalue weighted by Crippen LogP contribution is 2.27. The van der Waals surface area contributed by atoms with E-state index < -0.39 is 0 Å². The topological polar surface area (TPSA) is 81.7 Å². The zero-order valence-electron chi connectivity index (χ0n) is 15.6. The fourth-order valence-corrected chi connectivity index (χ4v) is 3.01. The minimum absolute atomic E-state index is 0.0980. The number of nitrogens with two attached hydrogens (primary N) is 1. The van der Waals surface area contributed by atoms with Gasteiger partial charge in [-0.3, -0.25) is 4.98 Å². The number of fused-ring (bicyclic) bond motifs is 1. The molecule has 0 saturated carbocycles. The number of nitrogen functional groups attached to an aromatic ring is 1. The van der Waals surface area contributed by atoms with E-state index in [1.165, 1.54) is 0 Å². The van der Waals surface area contributed by atoms with E-state index in [-0.39, 0.29) is 11.4 Å². The second-order valence-electron chi connectivity index (χ2n) is 7.54. The van der Waals surface area contributed by atoms with Crippen molar-refractivity contribution in [2.45, 2.75) is 26.2 Å². The van der Waals surface area contributed by atoms with Crippen molar-refractivity contribution in [1.29, 1.82) is 0 Å². The van der Waals surface area contributed by atoms with Gasteiger partial charge in [-0.15, -0.1) is 0 Å². The van der Waals surface area contributed by atoms with Gasteiger partial charge in [0.05, 0.1) is 11.2 Å². The largest absolute Gasteiger partial charge is 0.368 e. The van der Waals surface area contributed by atoms with Gasteiger partial charge in [0.25, 0.3) is 0 Å². The molecule has 0 aliphatic carbocycles. The molecule has 0 radical (unpaired) electrons. The Kier molecular flexibility index (Phi) is 4.03. The Labute approximate surface area is 158 Å². The molecule has 4 rings (SSSR count). The molecule has 6 heteroatoms. The molecule has 0 atom stereocenters. The molecule has 4 aromatic rings. The molecule has 0 saturated heterocycles. The summed E-state index contributed by atoms with van der Waals surface area (Å²) < 4.78 is 2.14. The summed E-state index contributed by atoms with van der Waals surface area (Å²) in [4.78, 5) is 12.8. The van der Waals surface area contributed by atoms with Crippen LogP contribution in [0.3, 0.4) is 0 Å². The summed E-state index contributed by atoms with van der Waals surface area (Å²) in [7, 11) is 0. The van der Waals surface area contributed by atoms with E-state index in [0.717, 1.165) is 28.0 Å². The molecule has 0 unspecified atom stereocenters. The molecule has 0 fully saturated rings. The van der Waals surface area contributed by atoms with Crippen LogP contribution in [0.15, 0.2) is 61.1 Å². The number of anilines is 3. The van der Waals surface area contributed by atoms with Crippen molar-refractivity contribution in [2.75, 3.05) is 11.1 Å². The van der Waals surface area contributed by atoms with Gasteiger partial charge in [0, 0.05) is 46.8 Å². The highest BCUT2D eigenvalue weighted by molar-refractivity contribution is 5.86. The lowest BCUT2D eigenvalue weighted by molar-refractivity contribution is 0.568. The van der Waals surface area contributed by atoms with Crippen LogP contribution in [0.25, 0.3) is 16.6 Å². The van der Waals surface area contributed by atoms with Crippen LogP contribution in [-0.4, -0.2) is 19.5 Å². The minimum Gasteiger partial charge on any atom is -0.368 e. The molecule has 0 spiro atoms. The minimum atomic E-state index is -0.0980. The van der Waals surface area contributed by atoms with Crippen LogP contribution in [0.1, 0.15) is 26.5 Å². The van der Waals surface area contributed by atoms with Crippen LogP contribution in [0, 0.1) is 0 Å². The molecular weight excluding hydrogens is 336 g/mol. The normalized spacial score (nSPS) is 11.7. The van der Waals surface area contributed by atoms with Crippen molar-refractivity contribution in [3.8, 4) is 5.69 Å². The maximum atomic E-state index is 5.90. The molecule has 0 amide bonds. The van der Waals surface area contributed by atoms with Crippen molar-refractivity contribution < 1.29 is 0 Å². The Morgan fingerprint density at radius 3 is 2.48 bits per heavy atom. The summed E-state index contributed by atoms with van der Waals surface area (Å²) >= 11 is 0. The summed E-state index contributed by atoms with van der Waals surface area (Å²) in [6.07, 6.45) is 5.65. The molecular formula is C21H22N6.